The van der Waals surface area contributed by atoms with Crippen LogP contribution in [0, 0.1) is 17.2 Å². The first kappa shape index (κ1) is 15.9. The average Bonchev–Trinajstić information content (AvgIpc) is 3.28. The topological polar surface area (TPSA) is 87.6 Å². The molecule has 2 aliphatic rings. The van der Waals surface area contributed by atoms with Crippen LogP contribution in [0.3, 0.4) is 0 Å². The number of fused-ring (bicyclic) bond motifs is 4. The summed E-state index contributed by atoms with van der Waals surface area (Å²) < 4.78 is 11.6. The maximum Gasteiger partial charge on any atom is 0.248 e. The van der Waals surface area contributed by atoms with Crippen LogP contribution in [0.1, 0.15) is 24.8 Å². The van der Waals surface area contributed by atoms with E-state index >= 15 is 0 Å². The van der Waals surface area contributed by atoms with Crippen molar-refractivity contribution >= 4 is 33.6 Å². The monoisotopic (exact) mass is 359 g/mol. The number of rotatable bonds is 2. The van der Waals surface area contributed by atoms with Gasteiger partial charge in [0.2, 0.25) is 5.91 Å². The summed E-state index contributed by atoms with van der Waals surface area (Å²) in [7, 11) is 1.61. The van der Waals surface area contributed by atoms with Gasteiger partial charge in [0.25, 0.3) is 0 Å². The van der Waals surface area contributed by atoms with Crippen LogP contribution in [0.4, 0.5) is 0 Å². The second-order valence-corrected chi connectivity index (χ2v) is 7.15. The highest BCUT2D eigenvalue weighted by Crippen LogP contribution is 2.47. The smallest absolute Gasteiger partial charge is 0.248 e. The van der Waals surface area contributed by atoms with Gasteiger partial charge in [0.05, 0.1) is 30.2 Å². The van der Waals surface area contributed by atoms with Gasteiger partial charge in [0.1, 0.15) is 5.58 Å². The number of hydrogen-bond donors (Lipinski definition) is 1. The van der Waals surface area contributed by atoms with Crippen LogP contribution in [0.2, 0.25) is 0 Å². The molecule has 6 heteroatoms. The maximum absolute atomic E-state index is 12.2. The fourth-order valence-electron chi connectivity index (χ4n) is 4.44. The number of carbonyl (C=O) groups excluding carboxylic acids is 1. The highest BCUT2D eigenvalue weighted by molar-refractivity contribution is 6.11. The van der Waals surface area contributed by atoms with Crippen LogP contribution in [-0.4, -0.2) is 18.7 Å². The minimum Gasteiger partial charge on any atom is -0.493 e. The summed E-state index contributed by atoms with van der Waals surface area (Å²) in [4.78, 5) is 12.2. The minimum absolute atomic E-state index is 0.119. The second kappa shape index (κ2) is 5.58. The van der Waals surface area contributed by atoms with Crippen molar-refractivity contribution in [3.05, 3.63) is 42.0 Å². The lowest BCUT2D eigenvalue weighted by Crippen LogP contribution is -2.38. The summed E-state index contributed by atoms with van der Waals surface area (Å²) in [5, 5.41) is 16.2. The zero-order chi connectivity index (χ0) is 18.6. The molecule has 6 nitrogen and oxygen atoms in total. The minimum atomic E-state index is -0.775. The van der Waals surface area contributed by atoms with E-state index in [1.165, 1.54) is 0 Å². The molecule has 1 aliphatic heterocycles. The molecule has 1 aliphatic carbocycles. The third-order valence-corrected chi connectivity index (χ3v) is 5.83. The predicted octanol–water partition coefficient (Wildman–Crippen LogP) is 3.64. The highest BCUT2D eigenvalue weighted by atomic mass is 16.5. The van der Waals surface area contributed by atoms with Crippen LogP contribution in [-0.2, 0) is 10.2 Å². The molecule has 2 heterocycles. The van der Waals surface area contributed by atoms with E-state index in [9.17, 15) is 10.1 Å². The van der Waals surface area contributed by atoms with E-state index in [4.69, 9.17) is 9.15 Å². The second-order valence-electron chi connectivity index (χ2n) is 7.15. The molecule has 1 fully saturated rings. The number of benzene rings is 2. The van der Waals surface area contributed by atoms with Gasteiger partial charge in [0, 0.05) is 10.8 Å². The molecule has 0 spiro atoms. The van der Waals surface area contributed by atoms with Gasteiger partial charge in [-0.25, -0.2) is 5.43 Å². The Morgan fingerprint density at radius 2 is 2.19 bits per heavy atom. The van der Waals surface area contributed by atoms with Crippen LogP contribution in [0.25, 0.3) is 21.9 Å². The van der Waals surface area contributed by atoms with Crippen molar-refractivity contribution in [1.29, 1.82) is 5.26 Å². The Balaban J connectivity index is 1.78. The van der Waals surface area contributed by atoms with E-state index in [1.807, 2.05) is 36.4 Å². The van der Waals surface area contributed by atoms with Gasteiger partial charge >= 0.3 is 0 Å². The summed E-state index contributed by atoms with van der Waals surface area (Å²) >= 11 is 0. The Labute approximate surface area is 155 Å². The average molecular weight is 359 g/mol. The zero-order valence-corrected chi connectivity index (χ0v) is 14.8. The first-order chi connectivity index (χ1) is 13.2. The van der Waals surface area contributed by atoms with Crippen molar-refractivity contribution < 1.29 is 13.9 Å². The third kappa shape index (κ3) is 2.12. The molecule has 0 bridgehead atoms. The van der Waals surface area contributed by atoms with Crippen LogP contribution in [0.15, 0.2) is 45.9 Å². The highest BCUT2D eigenvalue weighted by Gasteiger charge is 2.47. The number of hydrogen-bond acceptors (Lipinski definition) is 5. The van der Waals surface area contributed by atoms with Crippen LogP contribution < -0.4 is 10.2 Å². The molecule has 1 N–H and O–H groups in total. The van der Waals surface area contributed by atoms with Crippen molar-refractivity contribution in [2.24, 2.45) is 11.0 Å². The lowest BCUT2D eigenvalue weighted by atomic mass is 9.65. The number of carbonyl (C=O) groups is 1. The molecule has 3 aromatic rings. The maximum atomic E-state index is 12.2. The lowest BCUT2D eigenvalue weighted by molar-refractivity contribution is -0.122. The molecule has 27 heavy (non-hydrogen) atoms. The zero-order valence-electron chi connectivity index (χ0n) is 14.8. The number of amides is 1. The Kier molecular flexibility index (Phi) is 3.28. The number of nitriles is 1. The summed E-state index contributed by atoms with van der Waals surface area (Å²) in [6.45, 7) is 0. The number of hydrazone groups is 1. The summed E-state index contributed by atoms with van der Waals surface area (Å²) in [5.41, 5.74) is 4.92. The van der Waals surface area contributed by atoms with E-state index in [2.05, 4.69) is 16.6 Å². The number of para-hydroxylation sites is 1. The molecule has 1 saturated carbocycles. The van der Waals surface area contributed by atoms with Crippen LogP contribution in [0.5, 0.6) is 5.75 Å². The summed E-state index contributed by atoms with van der Waals surface area (Å²) in [6, 6.07) is 14.1. The van der Waals surface area contributed by atoms with E-state index in [-0.39, 0.29) is 11.8 Å². The quantitative estimate of drug-likeness (QED) is 0.757. The first-order valence-electron chi connectivity index (χ1n) is 8.93. The number of methoxy groups -OCH3 is 1. The number of furan rings is 1. The fraction of sp³-hybridized carbons (Fsp3) is 0.286. The van der Waals surface area contributed by atoms with Crippen molar-refractivity contribution in [2.45, 2.75) is 24.7 Å². The number of ether oxygens (including phenoxy) is 1. The molecular weight excluding hydrogens is 342 g/mol. The number of nitrogens with one attached hydrogen (secondary N) is 1. The van der Waals surface area contributed by atoms with Gasteiger partial charge in [-0.05, 0) is 37.0 Å². The molecule has 0 radical (unpaired) electrons. The summed E-state index contributed by atoms with van der Waals surface area (Å²) in [6.07, 6.45) is 1.67. The Morgan fingerprint density at radius 3 is 3.00 bits per heavy atom. The molecule has 2 aromatic carbocycles. The van der Waals surface area contributed by atoms with Gasteiger partial charge in [-0.3, -0.25) is 4.79 Å². The van der Waals surface area contributed by atoms with Gasteiger partial charge in [-0.15, -0.1) is 0 Å². The van der Waals surface area contributed by atoms with Gasteiger partial charge < -0.3 is 9.15 Å². The molecule has 2 unspecified atom stereocenters. The molecule has 5 rings (SSSR count). The molecular formula is C21H17N3O3. The van der Waals surface area contributed by atoms with Gasteiger partial charge in [-0.1, -0.05) is 24.3 Å². The molecule has 134 valence electrons. The molecule has 2 atom stereocenters. The van der Waals surface area contributed by atoms with E-state index in [0.717, 1.165) is 27.6 Å². The molecule has 1 aromatic heterocycles. The van der Waals surface area contributed by atoms with Crippen molar-refractivity contribution in [3.8, 4) is 11.8 Å². The lowest BCUT2D eigenvalue weighted by Gasteiger charge is -2.34. The Hall–Kier alpha value is -3.33. The SMILES string of the molecule is COc1ccc(C2(C#N)CCC3=NNC(=O)C3C2)c2c1oc1ccccc12. The first-order valence-corrected chi connectivity index (χ1v) is 8.93. The Morgan fingerprint density at radius 1 is 1.33 bits per heavy atom. The molecule has 0 saturated heterocycles. The standard InChI is InChI=1S/C21H17N3O3/c1-26-17-7-6-14(18-12-4-2-3-5-16(12)27-19(17)18)21(11-22)9-8-15-13(10-21)20(25)24-23-15/h2-7,13H,8-10H2,1H3,(H,24,25). The van der Waals surface area contributed by atoms with Crippen molar-refractivity contribution in [1.82, 2.24) is 5.43 Å². The number of nitrogens with zero attached hydrogens (tertiary/aromatic N) is 2. The Bertz CT molecular complexity index is 1170. The van der Waals surface area contributed by atoms with Gasteiger partial charge in [-0.2, -0.15) is 10.4 Å². The van der Waals surface area contributed by atoms with Crippen molar-refractivity contribution in [3.63, 3.8) is 0 Å². The molecule has 1 amide bonds. The fourth-order valence-corrected chi connectivity index (χ4v) is 4.44. The van der Waals surface area contributed by atoms with Gasteiger partial charge in [0.15, 0.2) is 11.3 Å². The van der Waals surface area contributed by atoms with Crippen LogP contribution >= 0.6 is 0 Å². The normalized spacial score (nSPS) is 24.4. The third-order valence-electron chi connectivity index (χ3n) is 5.83. The van der Waals surface area contributed by atoms with E-state index in [0.29, 0.717) is 30.6 Å². The van der Waals surface area contributed by atoms with E-state index in [1.54, 1.807) is 7.11 Å². The van der Waals surface area contributed by atoms with Crippen molar-refractivity contribution in [2.75, 3.05) is 7.11 Å². The van der Waals surface area contributed by atoms with E-state index < -0.39 is 5.41 Å². The largest absolute Gasteiger partial charge is 0.493 e. The summed E-state index contributed by atoms with van der Waals surface area (Å²) in [5.74, 6) is 0.176. The predicted molar refractivity (Wildman–Crippen MR) is 100 cm³/mol.